The zero-order valence-electron chi connectivity index (χ0n) is 10.6. The van der Waals surface area contributed by atoms with Gasteiger partial charge in [-0.1, -0.05) is 17.0 Å². The van der Waals surface area contributed by atoms with Crippen LogP contribution in [0.15, 0.2) is 15.8 Å². The first-order valence-electron chi connectivity index (χ1n) is 5.58. The summed E-state index contributed by atoms with van der Waals surface area (Å²) in [6, 6.07) is 0. The van der Waals surface area contributed by atoms with E-state index in [2.05, 4.69) is 15.3 Å². The minimum Gasteiger partial charge on any atom is -0.437 e. The van der Waals surface area contributed by atoms with E-state index < -0.39 is 5.91 Å². The molecule has 0 aromatic carbocycles. The first-order valence-corrected chi connectivity index (χ1v) is 6.56. The fourth-order valence-corrected chi connectivity index (χ4v) is 2.16. The minimum atomic E-state index is -0.460. The Balaban J connectivity index is 1.85. The molecule has 2 heterocycles. The molecular formula is C10H14N6O2S. The van der Waals surface area contributed by atoms with Crippen LogP contribution in [0.3, 0.4) is 0 Å². The molecule has 2 rings (SSSR count). The molecule has 1 amide bonds. The number of nitrogen functional groups attached to an aromatic ring is 1. The van der Waals surface area contributed by atoms with E-state index >= 15 is 0 Å². The Morgan fingerprint density at radius 2 is 2.37 bits per heavy atom. The van der Waals surface area contributed by atoms with Gasteiger partial charge in [0.2, 0.25) is 0 Å². The number of nitrogens with one attached hydrogen (secondary N) is 1. The van der Waals surface area contributed by atoms with Gasteiger partial charge < -0.3 is 4.42 Å². The van der Waals surface area contributed by atoms with E-state index in [-0.39, 0.29) is 5.69 Å². The zero-order chi connectivity index (χ0) is 13.8. The Bertz CT molecular complexity index is 559. The molecule has 9 heteroatoms. The summed E-state index contributed by atoms with van der Waals surface area (Å²) in [5, 5.41) is 8.16. The van der Waals surface area contributed by atoms with Crippen LogP contribution in [0.4, 0.5) is 0 Å². The largest absolute Gasteiger partial charge is 0.437 e. The van der Waals surface area contributed by atoms with Crippen LogP contribution in [-0.2, 0) is 6.54 Å². The predicted octanol–water partition coefficient (Wildman–Crippen LogP) is 0.279. The number of nitrogens with zero attached hydrogens (tertiary/aromatic N) is 4. The minimum absolute atomic E-state index is 0.190. The van der Waals surface area contributed by atoms with Gasteiger partial charge in [0.25, 0.3) is 11.1 Å². The lowest BCUT2D eigenvalue weighted by atomic mass is 10.4. The lowest BCUT2D eigenvalue weighted by Crippen LogP contribution is -2.30. The van der Waals surface area contributed by atoms with E-state index in [1.165, 1.54) is 18.0 Å². The molecule has 3 N–H and O–H groups in total. The van der Waals surface area contributed by atoms with Crippen LogP contribution < -0.4 is 11.3 Å². The van der Waals surface area contributed by atoms with Gasteiger partial charge in [0.05, 0.1) is 18.4 Å². The highest BCUT2D eigenvalue weighted by molar-refractivity contribution is 7.99. The third kappa shape index (κ3) is 3.32. The Kier molecular flexibility index (Phi) is 4.17. The molecule has 0 bridgehead atoms. The summed E-state index contributed by atoms with van der Waals surface area (Å²) in [4.78, 5) is 15.4. The van der Waals surface area contributed by atoms with E-state index in [9.17, 15) is 4.79 Å². The smallest absolute Gasteiger partial charge is 0.287 e. The van der Waals surface area contributed by atoms with Crippen molar-refractivity contribution in [2.24, 2.45) is 5.84 Å². The van der Waals surface area contributed by atoms with Gasteiger partial charge in [-0.15, -0.1) is 5.10 Å². The van der Waals surface area contributed by atoms with Crippen molar-refractivity contribution in [3.63, 3.8) is 0 Å². The fraction of sp³-hybridized carbons (Fsp3) is 0.400. The standard InChI is InChI=1S/C10H14N6O2S/c1-6-7(2)18-10(12-6)19-4-3-16-5-8(14-15-16)9(17)13-11/h5H,3-4,11H2,1-2H3,(H,13,17). The van der Waals surface area contributed by atoms with E-state index in [4.69, 9.17) is 10.3 Å². The van der Waals surface area contributed by atoms with E-state index in [0.717, 1.165) is 11.5 Å². The van der Waals surface area contributed by atoms with Crippen LogP contribution in [-0.4, -0.2) is 31.6 Å². The normalized spacial score (nSPS) is 10.7. The maximum atomic E-state index is 11.2. The SMILES string of the molecule is Cc1nc(SCCn2cc(C(=O)NN)nn2)oc1C. The summed E-state index contributed by atoms with van der Waals surface area (Å²) in [5.74, 6) is 6.08. The highest BCUT2D eigenvalue weighted by atomic mass is 32.2. The number of aromatic nitrogens is 4. The van der Waals surface area contributed by atoms with Gasteiger partial charge >= 0.3 is 0 Å². The van der Waals surface area contributed by atoms with Crippen molar-refractivity contribution in [3.8, 4) is 0 Å². The molecule has 0 atom stereocenters. The molecule has 0 radical (unpaired) electrons. The maximum Gasteiger partial charge on any atom is 0.287 e. The molecule has 0 unspecified atom stereocenters. The number of hydrazine groups is 1. The summed E-state index contributed by atoms with van der Waals surface area (Å²) in [6.07, 6.45) is 1.54. The maximum absolute atomic E-state index is 11.2. The van der Waals surface area contributed by atoms with Crippen LogP contribution in [0.2, 0.25) is 0 Å². The summed E-state index contributed by atoms with van der Waals surface area (Å²) in [5.41, 5.74) is 3.08. The molecule has 102 valence electrons. The number of aryl methyl sites for hydroxylation is 3. The van der Waals surface area contributed by atoms with Crippen molar-refractivity contribution >= 4 is 17.7 Å². The molecule has 2 aromatic rings. The van der Waals surface area contributed by atoms with Crippen molar-refractivity contribution < 1.29 is 9.21 Å². The molecule has 0 aliphatic carbocycles. The Labute approximate surface area is 113 Å². The second kappa shape index (κ2) is 5.85. The van der Waals surface area contributed by atoms with Gasteiger partial charge in [0, 0.05) is 5.75 Å². The van der Waals surface area contributed by atoms with Gasteiger partial charge in [0.1, 0.15) is 5.76 Å². The van der Waals surface area contributed by atoms with Crippen LogP contribution in [0, 0.1) is 13.8 Å². The number of hydrogen-bond acceptors (Lipinski definition) is 7. The third-order valence-electron chi connectivity index (χ3n) is 2.46. The van der Waals surface area contributed by atoms with Crippen LogP contribution in [0.1, 0.15) is 21.9 Å². The fourth-order valence-electron chi connectivity index (χ4n) is 1.32. The number of rotatable bonds is 5. The molecule has 0 aliphatic rings. The number of hydrogen-bond donors (Lipinski definition) is 2. The average molecular weight is 282 g/mol. The molecule has 0 aliphatic heterocycles. The Morgan fingerprint density at radius 1 is 1.58 bits per heavy atom. The van der Waals surface area contributed by atoms with Crippen molar-refractivity contribution in [2.75, 3.05) is 5.75 Å². The highest BCUT2D eigenvalue weighted by Gasteiger charge is 2.09. The van der Waals surface area contributed by atoms with Gasteiger partial charge in [-0.05, 0) is 13.8 Å². The monoisotopic (exact) mass is 282 g/mol. The zero-order valence-corrected chi connectivity index (χ0v) is 11.4. The Morgan fingerprint density at radius 3 is 3.00 bits per heavy atom. The van der Waals surface area contributed by atoms with E-state index in [1.54, 1.807) is 4.68 Å². The highest BCUT2D eigenvalue weighted by Crippen LogP contribution is 2.20. The second-order valence-corrected chi connectivity index (χ2v) is 4.86. The van der Waals surface area contributed by atoms with Crippen molar-refractivity contribution in [3.05, 3.63) is 23.3 Å². The molecule has 0 saturated carbocycles. The average Bonchev–Trinajstić information content (AvgIpc) is 2.97. The summed E-state index contributed by atoms with van der Waals surface area (Å²) >= 11 is 1.48. The summed E-state index contributed by atoms with van der Waals surface area (Å²) < 4.78 is 7.01. The lowest BCUT2D eigenvalue weighted by molar-refractivity contribution is 0.0948. The van der Waals surface area contributed by atoms with Crippen LogP contribution >= 0.6 is 11.8 Å². The predicted molar refractivity (Wildman–Crippen MR) is 68.4 cm³/mol. The van der Waals surface area contributed by atoms with Crippen LogP contribution in [0.25, 0.3) is 0 Å². The number of thioether (sulfide) groups is 1. The number of nitrogens with two attached hydrogens (primary N) is 1. The Hall–Kier alpha value is -1.87. The number of carbonyl (C=O) groups excluding carboxylic acids is 1. The summed E-state index contributed by atoms with van der Waals surface area (Å²) in [7, 11) is 0. The van der Waals surface area contributed by atoms with E-state index in [0.29, 0.717) is 17.5 Å². The quantitative estimate of drug-likeness (QED) is 0.350. The van der Waals surface area contributed by atoms with E-state index in [1.807, 2.05) is 19.3 Å². The van der Waals surface area contributed by atoms with Crippen molar-refractivity contribution in [1.29, 1.82) is 0 Å². The van der Waals surface area contributed by atoms with Gasteiger partial charge in [-0.3, -0.25) is 14.9 Å². The summed E-state index contributed by atoms with van der Waals surface area (Å²) in [6.45, 7) is 4.37. The topological polar surface area (TPSA) is 112 Å². The third-order valence-corrected chi connectivity index (χ3v) is 3.27. The second-order valence-electron chi connectivity index (χ2n) is 3.81. The van der Waals surface area contributed by atoms with Gasteiger partial charge in [-0.2, -0.15) is 0 Å². The molecule has 2 aromatic heterocycles. The molecule has 8 nitrogen and oxygen atoms in total. The molecule has 0 fully saturated rings. The lowest BCUT2D eigenvalue weighted by Gasteiger charge is -1.97. The molecule has 0 spiro atoms. The number of oxazole rings is 1. The number of amides is 1. The van der Waals surface area contributed by atoms with Gasteiger partial charge in [0.15, 0.2) is 5.69 Å². The van der Waals surface area contributed by atoms with Crippen molar-refractivity contribution in [1.82, 2.24) is 25.4 Å². The number of carbonyl (C=O) groups is 1. The van der Waals surface area contributed by atoms with Gasteiger partial charge in [-0.25, -0.2) is 10.8 Å². The van der Waals surface area contributed by atoms with Crippen LogP contribution in [0.5, 0.6) is 0 Å². The first-order chi connectivity index (χ1) is 9.10. The molecular weight excluding hydrogens is 268 g/mol. The molecule has 0 saturated heterocycles. The van der Waals surface area contributed by atoms with Crippen molar-refractivity contribution in [2.45, 2.75) is 25.6 Å². The first kappa shape index (κ1) is 13.6. The molecule has 19 heavy (non-hydrogen) atoms.